The third-order valence-corrected chi connectivity index (χ3v) is 4.32. The van der Waals surface area contributed by atoms with Gasteiger partial charge in [0.1, 0.15) is 17.9 Å². The molecule has 1 saturated heterocycles. The fraction of sp³-hybridized carbons (Fsp3) is 0.562. The maximum absolute atomic E-state index is 12.5. The van der Waals surface area contributed by atoms with Crippen molar-refractivity contribution < 1.29 is 4.79 Å². The number of carbonyl (C=O) groups excluding carboxylic acids is 1. The third kappa shape index (κ3) is 2.65. The molecule has 6 heteroatoms. The minimum absolute atomic E-state index is 0.0147. The van der Waals surface area contributed by atoms with Crippen molar-refractivity contribution in [3.05, 3.63) is 34.5 Å². The number of fused-ring (bicyclic) bond motifs is 1. The lowest BCUT2D eigenvalue weighted by Crippen LogP contribution is -2.45. The molecule has 0 saturated carbocycles. The molecule has 6 nitrogen and oxygen atoms in total. The maximum atomic E-state index is 12.5. The summed E-state index contributed by atoms with van der Waals surface area (Å²) < 4.78 is 3.03. The van der Waals surface area contributed by atoms with E-state index in [9.17, 15) is 9.59 Å². The Hall–Kier alpha value is -2.11. The van der Waals surface area contributed by atoms with E-state index in [2.05, 4.69) is 18.9 Å². The SMILES string of the molecule is Cc1nn(CC(=O)N2CC(C)CC(C)C2)c(=O)c2cccn12. The van der Waals surface area contributed by atoms with E-state index in [4.69, 9.17) is 0 Å². The fourth-order valence-electron chi connectivity index (χ4n) is 3.44. The van der Waals surface area contributed by atoms with Gasteiger partial charge in [-0.05, 0) is 37.3 Å². The number of hydrogen-bond acceptors (Lipinski definition) is 3. The monoisotopic (exact) mass is 302 g/mol. The van der Waals surface area contributed by atoms with Crippen LogP contribution in [0.3, 0.4) is 0 Å². The number of carbonyl (C=O) groups is 1. The molecule has 1 aliphatic rings. The predicted octanol–water partition coefficient (Wildman–Crippen LogP) is 1.31. The fourth-order valence-corrected chi connectivity index (χ4v) is 3.44. The van der Waals surface area contributed by atoms with Gasteiger partial charge < -0.3 is 4.90 Å². The van der Waals surface area contributed by atoms with Crippen LogP contribution in [0.5, 0.6) is 0 Å². The van der Waals surface area contributed by atoms with Crippen LogP contribution in [0.4, 0.5) is 0 Å². The number of nitrogens with zero attached hydrogens (tertiary/aromatic N) is 4. The van der Waals surface area contributed by atoms with Crippen LogP contribution in [0.1, 0.15) is 26.1 Å². The van der Waals surface area contributed by atoms with Crippen LogP contribution >= 0.6 is 0 Å². The van der Waals surface area contributed by atoms with Gasteiger partial charge in [0.2, 0.25) is 5.91 Å². The molecule has 2 aromatic heterocycles. The van der Waals surface area contributed by atoms with Crippen molar-refractivity contribution in [3.63, 3.8) is 0 Å². The molecule has 1 aliphatic heterocycles. The van der Waals surface area contributed by atoms with Gasteiger partial charge in [-0.25, -0.2) is 4.68 Å². The van der Waals surface area contributed by atoms with Crippen LogP contribution in [0.2, 0.25) is 0 Å². The highest BCUT2D eigenvalue weighted by Crippen LogP contribution is 2.21. The minimum atomic E-state index is -0.220. The van der Waals surface area contributed by atoms with E-state index >= 15 is 0 Å². The molecule has 0 N–H and O–H groups in total. The van der Waals surface area contributed by atoms with Gasteiger partial charge >= 0.3 is 0 Å². The molecule has 0 radical (unpaired) electrons. The Morgan fingerprint density at radius 2 is 2.00 bits per heavy atom. The summed E-state index contributed by atoms with van der Waals surface area (Å²) in [5, 5.41) is 4.27. The Kier molecular flexibility index (Phi) is 3.76. The van der Waals surface area contributed by atoms with Crippen LogP contribution in [0, 0.1) is 18.8 Å². The molecular formula is C16H22N4O2. The molecule has 118 valence electrons. The summed E-state index contributed by atoms with van der Waals surface area (Å²) in [5.41, 5.74) is 0.336. The number of piperidine rings is 1. The average molecular weight is 302 g/mol. The molecule has 3 rings (SSSR count). The standard InChI is InChI=1S/C16H22N4O2/c1-11-7-12(2)9-18(8-11)15(21)10-20-16(22)14-5-4-6-19(14)13(3)17-20/h4-6,11-12H,7-10H2,1-3H3. The average Bonchev–Trinajstić information content (AvgIpc) is 2.93. The first-order valence-corrected chi connectivity index (χ1v) is 7.78. The zero-order valence-electron chi connectivity index (χ0n) is 13.3. The number of likely N-dealkylation sites (tertiary alicyclic amines) is 1. The lowest BCUT2D eigenvalue weighted by atomic mass is 9.92. The second kappa shape index (κ2) is 5.59. The highest BCUT2D eigenvalue weighted by Gasteiger charge is 2.26. The summed E-state index contributed by atoms with van der Waals surface area (Å²) in [6.45, 7) is 7.71. The molecule has 2 aromatic rings. The second-order valence-electron chi connectivity index (χ2n) is 6.52. The number of hydrogen-bond donors (Lipinski definition) is 0. The predicted molar refractivity (Wildman–Crippen MR) is 83.7 cm³/mol. The van der Waals surface area contributed by atoms with Gasteiger partial charge in [-0.1, -0.05) is 13.8 Å². The molecule has 0 aliphatic carbocycles. The van der Waals surface area contributed by atoms with Crippen molar-refractivity contribution >= 4 is 11.4 Å². The topological polar surface area (TPSA) is 59.6 Å². The molecule has 0 spiro atoms. The van der Waals surface area contributed by atoms with Crippen molar-refractivity contribution in [2.75, 3.05) is 13.1 Å². The van der Waals surface area contributed by atoms with Gasteiger partial charge in [-0.2, -0.15) is 5.10 Å². The van der Waals surface area contributed by atoms with Crippen LogP contribution in [0.25, 0.3) is 5.52 Å². The number of rotatable bonds is 2. The van der Waals surface area contributed by atoms with Crippen LogP contribution in [-0.4, -0.2) is 38.1 Å². The highest BCUT2D eigenvalue weighted by molar-refractivity contribution is 5.76. The molecule has 1 amide bonds. The first-order chi connectivity index (χ1) is 10.5. The number of aromatic nitrogens is 3. The van der Waals surface area contributed by atoms with E-state index in [1.165, 1.54) is 4.68 Å². The molecule has 0 aromatic carbocycles. The van der Waals surface area contributed by atoms with Gasteiger partial charge in [-0.15, -0.1) is 0 Å². The van der Waals surface area contributed by atoms with E-state index in [1.807, 2.05) is 17.9 Å². The van der Waals surface area contributed by atoms with Crippen molar-refractivity contribution in [1.82, 2.24) is 19.1 Å². The van der Waals surface area contributed by atoms with Gasteiger partial charge in [-0.3, -0.25) is 14.0 Å². The Labute approximate surface area is 129 Å². The lowest BCUT2D eigenvalue weighted by Gasteiger charge is -2.35. The lowest BCUT2D eigenvalue weighted by molar-refractivity contribution is -0.134. The molecule has 22 heavy (non-hydrogen) atoms. The van der Waals surface area contributed by atoms with E-state index in [-0.39, 0.29) is 18.0 Å². The van der Waals surface area contributed by atoms with E-state index < -0.39 is 0 Å². The normalized spacial score (nSPS) is 22.2. The Morgan fingerprint density at radius 1 is 1.32 bits per heavy atom. The van der Waals surface area contributed by atoms with Crippen molar-refractivity contribution in [1.29, 1.82) is 0 Å². The first kappa shape index (κ1) is 14.8. The molecule has 3 heterocycles. The zero-order chi connectivity index (χ0) is 15.9. The quantitative estimate of drug-likeness (QED) is 0.840. The van der Waals surface area contributed by atoms with Gasteiger partial charge in [0.25, 0.3) is 5.56 Å². The van der Waals surface area contributed by atoms with Crippen molar-refractivity contribution in [3.8, 4) is 0 Å². The Balaban J connectivity index is 1.85. The van der Waals surface area contributed by atoms with Crippen LogP contribution in [0.15, 0.2) is 23.1 Å². The number of aryl methyl sites for hydroxylation is 1. The summed E-state index contributed by atoms with van der Waals surface area (Å²) in [4.78, 5) is 26.8. The summed E-state index contributed by atoms with van der Waals surface area (Å²) >= 11 is 0. The number of amides is 1. The highest BCUT2D eigenvalue weighted by atomic mass is 16.2. The van der Waals surface area contributed by atoms with E-state index in [0.29, 0.717) is 23.2 Å². The first-order valence-electron chi connectivity index (χ1n) is 7.78. The molecule has 2 atom stereocenters. The summed E-state index contributed by atoms with van der Waals surface area (Å²) in [6.07, 6.45) is 2.95. The summed E-state index contributed by atoms with van der Waals surface area (Å²) in [5.74, 6) is 1.69. The van der Waals surface area contributed by atoms with E-state index in [0.717, 1.165) is 19.5 Å². The third-order valence-electron chi connectivity index (χ3n) is 4.32. The van der Waals surface area contributed by atoms with Crippen molar-refractivity contribution in [2.24, 2.45) is 11.8 Å². The van der Waals surface area contributed by atoms with Gasteiger partial charge in [0, 0.05) is 19.3 Å². The summed E-state index contributed by atoms with van der Waals surface area (Å²) in [6, 6.07) is 3.56. The van der Waals surface area contributed by atoms with Gasteiger partial charge in [0.15, 0.2) is 0 Å². The smallest absolute Gasteiger partial charge is 0.291 e. The largest absolute Gasteiger partial charge is 0.341 e. The molecule has 1 fully saturated rings. The molecular weight excluding hydrogens is 280 g/mol. The van der Waals surface area contributed by atoms with Crippen LogP contribution < -0.4 is 5.56 Å². The zero-order valence-corrected chi connectivity index (χ0v) is 13.3. The Bertz CT molecular complexity index is 751. The minimum Gasteiger partial charge on any atom is -0.341 e. The van der Waals surface area contributed by atoms with Crippen LogP contribution in [-0.2, 0) is 11.3 Å². The molecule has 0 bridgehead atoms. The Morgan fingerprint density at radius 3 is 2.68 bits per heavy atom. The second-order valence-corrected chi connectivity index (χ2v) is 6.52. The van der Waals surface area contributed by atoms with Gasteiger partial charge in [0.05, 0.1) is 0 Å². The van der Waals surface area contributed by atoms with E-state index in [1.54, 1.807) is 16.7 Å². The maximum Gasteiger partial charge on any atom is 0.291 e. The summed E-state index contributed by atoms with van der Waals surface area (Å²) in [7, 11) is 0. The molecule has 2 unspecified atom stereocenters. The van der Waals surface area contributed by atoms with Crippen molar-refractivity contribution in [2.45, 2.75) is 33.7 Å².